The van der Waals surface area contributed by atoms with Crippen molar-refractivity contribution in [3.8, 4) is 5.40 Å². The molecule has 1 aromatic rings. The number of nitrogens with zero attached hydrogens (tertiary/aromatic N) is 2. The highest BCUT2D eigenvalue weighted by atomic mass is 32.2. The van der Waals surface area contributed by atoms with Crippen LogP contribution in [0.4, 0.5) is 0 Å². The van der Waals surface area contributed by atoms with Crippen molar-refractivity contribution in [3.05, 3.63) is 18.0 Å². The lowest BCUT2D eigenvalue weighted by molar-refractivity contribution is 0.0955. The zero-order valence-corrected chi connectivity index (χ0v) is 12.8. The van der Waals surface area contributed by atoms with E-state index in [1.54, 1.807) is 7.05 Å². The molecule has 9 heteroatoms. The van der Waals surface area contributed by atoms with Gasteiger partial charge in [0.2, 0.25) is 10.0 Å². The Morgan fingerprint density at radius 3 is 2.85 bits per heavy atom. The number of rotatable bonds is 7. The fraction of sp³-hybridized carbons (Fsp3) is 0.455. The van der Waals surface area contributed by atoms with Gasteiger partial charge < -0.3 is 9.88 Å². The summed E-state index contributed by atoms with van der Waals surface area (Å²) < 4.78 is 27.9. The number of carbonyl (C=O) groups excluding carboxylic acids is 1. The van der Waals surface area contributed by atoms with Crippen LogP contribution in [0.5, 0.6) is 0 Å². The first-order valence-corrected chi connectivity index (χ1v) is 8.28. The van der Waals surface area contributed by atoms with E-state index >= 15 is 0 Å². The number of amides is 1. The second-order valence-corrected chi connectivity index (χ2v) is 6.59. The first-order chi connectivity index (χ1) is 9.42. The summed E-state index contributed by atoms with van der Waals surface area (Å²) >= 11 is 1.08. The summed E-state index contributed by atoms with van der Waals surface area (Å²) in [5, 5.41) is 12.7. The molecule has 0 aliphatic heterocycles. The van der Waals surface area contributed by atoms with Crippen molar-refractivity contribution in [2.75, 3.05) is 19.3 Å². The van der Waals surface area contributed by atoms with E-state index in [0.717, 1.165) is 11.8 Å². The zero-order valence-electron chi connectivity index (χ0n) is 11.2. The molecule has 20 heavy (non-hydrogen) atoms. The van der Waals surface area contributed by atoms with Gasteiger partial charge in [-0.1, -0.05) is 0 Å². The Morgan fingerprint density at radius 1 is 1.55 bits per heavy atom. The van der Waals surface area contributed by atoms with Gasteiger partial charge in [-0.2, -0.15) is 5.26 Å². The SMILES string of the molecule is CNC(=O)c1cc(S(=O)(=O)NCCCSC#N)cn1C. The topological polar surface area (TPSA) is 104 Å². The number of sulfonamides is 1. The minimum Gasteiger partial charge on any atom is -0.354 e. The Labute approximate surface area is 122 Å². The number of aromatic nitrogens is 1. The highest BCUT2D eigenvalue weighted by molar-refractivity contribution is 8.03. The van der Waals surface area contributed by atoms with Crippen LogP contribution in [0.15, 0.2) is 17.2 Å². The molecule has 0 spiro atoms. The third-order valence-electron chi connectivity index (χ3n) is 2.53. The number of hydrogen-bond acceptors (Lipinski definition) is 5. The van der Waals surface area contributed by atoms with Gasteiger partial charge in [0.15, 0.2) is 0 Å². The number of aryl methyl sites for hydroxylation is 1. The largest absolute Gasteiger partial charge is 0.354 e. The molecule has 0 saturated heterocycles. The predicted molar refractivity (Wildman–Crippen MR) is 76.7 cm³/mol. The van der Waals surface area contributed by atoms with Crippen LogP contribution < -0.4 is 10.0 Å². The van der Waals surface area contributed by atoms with Crippen LogP contribution >= 0.6 is 11.8 Å². The number of hydrogen-bond donors (Lipinski definition) is 2. The monoisotopic (exact) mass is 316 g/mol. The van der Waals surface area contributed by atoms with Crippen molar-refractivity contribution in [2.24, 2.45) is 7.05 Å². The molecule has 1 amide bonds. The average molecular weight is 316 g/mol. The number of nitriles is 1. The summed E-state index contributed by atoms with van der Waals surface area (Å²) in [7, 11) is -0.549. The van der Waals surface area contributed by atoms with E-state index in [1.807, 2.05) is 5.40 Å². The number of thioether (sulfide) groups is 1. The second kappa shape index (κ2) is 7.33. The molecule has 1 rings (SSSR count). The Hall–Kier alpha value is -1.50. The molecule has 0 radical (unpaired) electrons. The Morgan fingerprint density at radius 2 is 2.25 bits per heavy atom. The van der Waals surface area contributed by atoms with Gasteiger partial charge in [-0.05, 0) is 24.2 Å². The van der Waals surface area contributed by atoms with E-state index < -0.39 is 10.0 Å². The molecule has 7 nitrogen and oxygen atoms in total. The molecule has 0 bridgehead atoms. The minimum atomic E-state index is -3.63. The highest BCUT2D eigenvalue weighted by Crippen LogP contribution is 2.13. The lowest BCUT2D eigenvalue weighted by Gasteiger charge is -2.03. The van der Waals surface area contributed by atoms with Gasteiger partial charge in [-0.15, -0.1) is 0 Å². The Balaban J connectivity index is 2.73. The standard InChI is InChI=1S/C11H16N4O3S2/c1-13-11(16)10-6-9(7-15(10)2)20(17,18)14-4-3-5-19-8-12/h6-7,14H,3-5H2,1-2H3,(H,13,16). The van der Waals surface area contributed by atoms with Crippen LogP contribution in [-0.4, -0.2) is 38.2 Å². The van der Waals surface area contributed by atoms with Crippen LogP contribution in [0, 0.1) is 10.7 Å². The molecule has 110 valence electrons. The van der Waals surface area contributed by atoms with Crippen LogP contribution in [0.25, 0.3) is 0 Å². The van der Waals surface area contributed by atoms with E-state index in [9.17, 15) is 13.2 Å². The van der Waals surface area contributed by atoms with E-state index in [2.05, 4.69) is 10.0 Å². The van der Waals surface area contributed by atoms with Crippen LogP contribution in [0.1, 0.15) is 16.9 Å². The molecule has 0 fully saturated rings. The molecule has 0 aromatic carbocycles. The number of nitrogens with one attached hydrogen (secondary N) is 2. The molecule has 0 aliphatic rings. The van der Waals surface area contributed by atoms with E-state index in [-0.39, 0.29) is 23.0 Å². The molecule has 2 N–H and O–H groups in total. The van der Waals surface area contributed by atoms with E-state index in [0.29, 0.717) is 12.2 Å². The van der Waals surface area contributed by atoms with Gasteiger partial charge in [0, 0.05) is 32.6 Å². The third kappa shape index (κ3) is 4.26. The highest BCUT2D eigenvalue weighted by Gasteiger charge is 2.19. The molecular formula is C11H16N4O3S2. The molecule has 0 unspecified atom stereocenters. The summed E-state index contributed by atoms with van der Waals surface area (Å²) in [5.74, 6) is 0.219. The Bertz CT molecular complexity index is 616. The fourth-order valence-electron chi connectivity index (χ4n) is 1.51. The predicted octanol–water partition coefficient (Wildman–Crippen LogP) is 0.267. The lowest BCUT2D eigenvalue weighted by Crippen LogP contribution is -2.24. The molecule has 0 aliphatic carbocycles. The minimum absolute atomic E-state index is 0.0477. The summed E-state index contributed by atoms with van der Waals surface area (Å²) in [6.07, 6.45) is 1.95. The van der Waals surface area contributed by atoms with Gasteiger partial charge in [-0.3, -0.25) is 4.79 Å². The maximum Gasteiger partial charge on any atom is 0.267 e. The van der Waals surface area contributed by atoms with Crippen LogP contribution in [0.3, 0.4) is 0 Å². The van der Waals surface area contributed by atoms with Crippen molar-refractivity contribution < 1.29 is 13.2 Å². The molecule has 1 heterocycles. The van der Waals surface area contributed by atoms with E-state index in [4.69, 9.17) is 5.26 Å². The Kier molecular flexibility index (Phi) is 6.06. The lowest BCUT2D eigenvalue weighted by atomic mass is 10.4. The normalized spacial score (nSPS) is 11.1. The molecule has 0 atom stereocenters. The number of carbonyl (C=O) groups is 1. The van der Waals surface area contributed by atoms with Crippen molar-refractivity contribution in [1.82, 2.24) is 14.6 Å². The maximum atomic E-state index is 12.0. The third-order valence-corrected chi connectivity index (χ3v) is 4.58. The second-order valence-electron chi connectivity index (χ2n) is 3.94. The maximum absolute atomic E-state index is 12.0. The van der Waals surface area contributed by atoms with Crippen molar-refractivity contribution in [3.63, 3.8) is 0 Å². The van der Waals surface area contributed by atoms with Gasteiger partial charge in [0.05, 0.1) is 0 Å². The van der Waals surface area contributed by atoms with Crippen molar-refractivity contribution in [1.29, 1.82) is 5.26 Å². The first kappa shape index (κ1) is 16.6. The summed E-state index contributed by atoms with van der Waals surface area (Å²) in [6.45, 7) is 0.251. The van der Waals surface area contributed by atoms with Gasteiger partial charge in [-0.25, -0.2) is 13.1 Å². The molecule has 0 saturated carbocycles. The van der Waals surface area contributed by atoms with Gasteiger partial charge in [0.1, 0.15) is 16.0 Å². The number of thiocyanates is 1. The van der Waals surface area contributed by atoms with Crippen LogP contribution in [0.2, 0.25) is 0 Å². The van der Waals surface area contributed by atoms with E-state index in [1.165, 1.54) is 23.9 Å². The van der Waals surface area contributed by atoms with Gasteiger partial charge in [0.25, 0.3) is 5.91 Å². The fourth-order valence-corrected chi connectivity index (χ4v) is 3.04. The summed E-state index contributed by atoms with van der Waals surface area (Å²) in [5.41, 5.74) is 0.271. The van der Waals surface area contributed by atoms with Gasteiger partial charge >= 0.3 is 0 Å². The smallest absolute Gasteiger partial charge is 0.267 e. The average Bonchev–Trinajstić information content (AvgIpc) is 2.80. The summed E-state index contributed by atoms with van der Waals surface area (Å²) in [6, 6.07) is 1.32. The summed E-state index contributed by atoms with van der Waals surface area (Å²) in [4.78, 5) is 11.6. The quantitative estimate of drug-likeness (QED) is 0.555. The van der Waals surface area contributed by atoms with Crippen LogP contribution in [-0.2, 0) is 17.1 Å². The first-order valence-electron chi connectivity index (χ1n) is 5.81. The molecular weight excluding hydrogens is 300 g/mol. The van der Waals surface area contributed by atoms with Crippen molar-refractivity contribution in [2.45, 2.75) is 11.3 Å². The zero-order chi connectivity index (χ0) is 15.2. The van der Waals surface area contributed by atoms with Crippen molar-refractivity contribution >= 4 is 27.7 Å². The molecule has 1 aromatic heterocycles.